The maximum Gasteiger partial charge on any atom is 0.389 e. The van der Waals surface area contributed by atoms with Crippen molar-refractivity contribution < 1.29 is 31.9 Å². The number of esters is 1. The molecule has 0 fully saturated rings. The molecule has 0 heterocycles. The summed E-state index contributed by atoms with van der Waals surface area (Å²) in [6, 6.07) is 10.8. The zero-order valence-electron chi connectivity index (χ0n) is 16.6. The van der Waals surface area contributed by atoms with Crippen LogP contribution in [0.1, 0.15) is 31.7 Å². The smallest absolute Gasteiger partial charge is 0.389 e. The number of carbonyl (C=O) groups is 2. The molecule has 0 aliphatic heterocycles. The lowest BCUT2D eigenvalue weighted by atomic mass is 10.1. The van der Waals surface area contributed by atoms with E-state index in [1.165, 1.54) is 24.3 Å². The zero-order chi connectivity index (χ0) is 23.4. The second-order valence-electron chi connectivity index (χ2n) is 6.20. The lowest BCUT2D eigenvalue weighted by molar-refractivity contribution is -0.143. The van der Waals surface area contributed by atoms with E-state index in [0.717, 1.165) is 0 Å². The molecule has 0 radical (unpaired) electrons. The minimum atomic E-state index is -4.39. The molecular formula is C21H21Cl2F4NO3. The van der Waals surface area contributed by atoms with Gasteiger partial charge in [-0.3, -0.25) is 9.59 Å². The number of amides is 1. The first-order valence-electron chi connectivity index (χ1n) is 9.22. The molecule has 0 aliphatic carbocycles. The van der Waals surface area contributed by atoms with Crippen molar-refractivity contribution in [3.05, 3.63) is 63.9 Å². The van der Waals surface area contributed by atoms with Gasteiger partial charge >= 0.3 is 12.1 Å². The molecule has 1 amide bonds. The van der Waals surface area contributed by atoms with Crippen LogP contribution in [0.5, 0.6) is 0 Å². The number of alkyl halides is 3. The van der Waals surface area contributed by atoms with E-state index in [9.17, 15) is 27.2 Å². The van der Waals surface area contributed by atoms with Crippen molar-refractivity contribution in [2.24, 2.45) is 0 Å². The van der Waals surface area contributed by atoms with Crippen LogP contribution in [0.4, 0.5) is 23.2 Å². The molecule has 2 aromatic carbocycles. The van der Waals surface area contributed by atoms with Crippen molar-refractivity contribution in [3.63, 3.8) is 0 Å². The van der Waals surface area contributed by atoms with E-state index in [1.54, 1.807) is 25.1 Å². The van der Waals surface area contributed by atoms with Crippen LogP contribution in [0.15, 0.2) is 42.5 Å². The highest BCUT2D eigenvalue weighted by molar-refractivity contribution is 6.33. The molecule has 10 heteroatoms. The molecular weight excluding hydrogens is 461 g/mol. The minimum Gasteiger partial charge on any atom is -0.466 e. The predicted octanol–water partition coefficient (Wildman–Crippen LogP) is 6.60. The van der Waals surface area contributed by atoms with Crippen molar-refractivity contribution in [3.8, 4) is 0 Å². The second kappa shape index (κ2) is 13.2. The van der Waals surface area contributed by atoms with Crippen LogP contribution in [0.2, 0.25) is 10.0 Å². The number of nitrogens with one attached hydrogen (secondary N) is 1. The summed E-state index contributed by atoms with van der Waals surface area (Å²) in [5.74, 6) is -1.49. The fourth-order valence-electron chi connectivity index (χ4n) is 2.21. The summed E-state index contributed by atoms with van der Waals surface area (Å²) in [6.45, 7) is 1.99. The van der Waals surface area contributed by atoms with Gasteiger partial charge in [0.25, 0.3) is 0 Å². The topological polar surface area (TPSA) is 55.4 Å². The average Bonchev–Trinajstić information content (AvgIpc) is 2.69. The Morgan fingerprint density at radius 1 is 1.03 bits per heavy atom. The van der Waals surface area contributed by atoms with Crippen molar-refractivity contribution in [2.45, 2.75) is 38.8 Å². The van der Waals surface area contributed by atoms with E-state index < -0.39 is 24.9 Å². The zero-order valence-corrected chi connectivity index (χ0v) is 18.1. The van der Waals surface area contributed by atoms with Crippen LogP contribution >= 0.6 is 23.2 Å². The van der Waals surface area contributed by atoms with Gasteiger partial charge in [0.1, 0.15) is 5.82 Å². The van der Waals surface area contributed by atoms with E-state index in [2.05, 4.69) is 5.32 Å². The van der Waals surface area contributed by atoms with Crippen molar-refractivity contribution in [1.82, 2.24) is 0 Å². The van der Waals surface area contributed by atoms with E-state index in [0.29, 0.717) is 18.6 Å². The Morgan fingerprint density at radius 3 is 2.26 bits per heavy atom. The number of anilines is 1. The Kier molecular flexibility index (Phi) is 11.3. The van der Waals surface area contributed by atoms with Gasteiger partial charge in [0, 0.05) is 12.8 Å². The van der Waals surface area contributed by atoms with Gasteiger partial charge in [-0.2, -0.15) is 13.2 Å². The molecule has 0 aliphatic rings. The van der Waals surface area contributed by atoms with Crippen LogP contribution in [-0.2, 0) is 20.7 Å². The SMILES string of the molecule is CCOC(=O)CCc1ccc(Cl)c(NC(=O)CCC(F)(F)F)c1.Fc1ccccc1Cl. The van der Waals surface area contributed by atoms with Gasteiger partial charge in [0.05, 0.1) is 28.8 Å². The molecule has 1 N–H and O–H groups in total. The fourth-order valence-corrected chi connectivity index (χ4v) is 2.51. The molecule has 0 saturated carbocycles. The summed E-state index contributed by atoms with van der Waals surface area (Å²) in [6.07, 6.45) is -5.72. The summed E-state index contributed by atoms with van der Waals surface area (Å²) in [4.78, 5) is 22.8. The van der Waals surface area contributed by atoms with Gasteiger partial charge in [-0.05, 0) is 43.2 Å². The quantitative estimate of drug-likeness (QED) is 0.358. The van der Waals surface area contributed by atoms with Gasteiger partial charge < -0.3 is 10.1 Å². The van der Waals surface area contributed by atoms with Gasteiger partial charge in [0.15, 0.2) is 0 Å². The maximum absolute atomic E-state index is 12.2. The number of rotatable bonds is 7. The summed E-state index contributed by atoms with van der Waals surface area (Å²) < 4.78 is 53.3. The first-order chi connectivity index (χ1) is 14.5. The van der Waals surface area contributed by atoms with Crippen LogP contribution in [-0.4, -0.2) is 24.7 Å². The number of halogens is 6. The minimum absolute atomic E-state index is 0.164. The first-order valence-corrected chi connectivity index (χ1v) is 9.98. The highest BCUT2D eigenvalue weighted by atomic mass is 35.5. The van der Waals surface area contributed by atoms with E-state index >= 15 is 0 Å². The van der Waals surface area contributed by atoms with Gasteiger partial charge in [-0.15, -0.1) is 0 Å². The van der Waals surface area contributed by atoms with Crippen LogP contribution < -0.4 is 5.32 Å². The van der Waals surface area contributed by atoms with E-state index in [-0.39, 0.29) is 33.9 Å². The molecule has 170 valence electrons. The third-order valence-electron chi connectivity index (χ3n) is 3.69. The third-order valence-corrected chi connectivity index (χ3v) is 4.32. The molecule has 0 aromatic heterocycles. The van der Waals surface area contributed by atoms with E-state index in [1.807, 2.05) is 0 Å². The Hall–Kier alpha value is -2.32. The largest absolute Gasteiger partial charge is 0.466 e. The second-order valence-corrected chi connectivity index (χ2v) is 7.01. The summed E-state index contributed by atoms with van der Waals surface area (Å²) in [5.41, 5.74) is 0.939. The number of carbonyl (C=O) groups excluding carboxylic acids is 2. The van der Waals surface area contributed by atoms with Crippen LogP contribution in [0.25, 0.3) is 0 Å². The fraction of sp³-hybridized carbons (Fsp3) is 0.333. The molecule has 0 spiro atoms. The standard InChI is InChI=1S/C15H17ClF3NO3.C6H4ClF/c1-2-23-14(22)6-4-10-3-5-11(16)12(9-10)20-13(21)7-8-15(17,18)19;7-5-3-1-2-4-6(5)8/h3,5,9H,2,4,6-8H2,1H3,(H,20,21);1-4H. The van der Waals surface area contributed by atoms with Gasteiger partial charge in [0.2, 0.25) is 5.91 Å². The Labute approximate surface area is 187 Å². The molecule has 0 unspecified atom stereocenters. The molecule has 31 heavy (non-hydrogen) atoms. The van der Waals surface area contributed by atoms with Crippen molar-refractivity contribution >= 4 is 40.8 Å². The first kappa shape index (κ1) is 26.7. The number of ether oxygens (including phenoxy) is 1. The number of hydrogen-bond acceptors (Lipinski definition) is 3. The predicted molar refractivity (Wildman–Crippen MR) is 112 cm³/mol. The lowest BCUT2D eigenvalue weighted by Crippen LogP contribution is -2.16. The molecule has 0 bridgehead atoms. The Bertz CT molecular complexity index is 855. The van der Waals surface area contributed by atoms with Crippen molar-refractivity contribution in [1.29, 1.82) is 0 Å². The van der Waals surface area contributed by atoms with Crippen LogP contribution in [0, 0.1) is 5.82 Å². The molecule has 2 aromatic rings. The summed E-state index contributed by atoms with van der Waals surface area (Å²) in [7, 11) is 0. The van der Waals surface area contributed by atoms with E-state index in [4.69, 9.17) is 27.9 Å². The maximum atomic E-state index is 12.2. The lowest BCUT2D eigenvalue weighted by Gasteiger charge is -2.10. The summed E-state index contributed by atoms with van der Waals surface area (Å²) in [5, 5.41) is 2.74. The monoisotopic (exact) mass is 481 g/mol. The van der Waals surface area contributed by atoms with Crippen LogP contribution in [0.3, 0.4) is 0 Å². The Balaban J connectivity index is 0.000000500. The number of benzene rings is 2. The van der Waals surface area contributed by atoms with Gasteiger partial charge in [-0.1, -0.05) is 41.4 Å². The highest BCUT2D eigenvalue weighted by Gasteiger charge is 2.28. The highest BCUT2D eigenvalue weighted by Crippen LogP contribution is 2.25. The molecule has 2 rings (SSSR count). The summed E-state index contributed by atoms with van der Waals surface area (Å²) >= 11 is 11.2. The third kappa shape index (κ3) is 11.6. The number of hydrogen-bond donors (Lipinski definition) is 1. The number of aryl methyl sites for hydroxylation is 1. The normalized spacial score (nSPS) is 10.7. The van der Waals surface area contributed by atoms with Gasteiger partial charge in [-0.25, -0.2) is 4.39 Å². The van der Waals surface area contributed by atoms with Crippen molar-refractivity contribution in [2.75, 3.05) is 11.9 Å². The molecule has 4 nitrogen and oxygen atoms in total. The molecule has 0 atom stereocenters. The Morgan fingerprint density at radius 2 is 1.71 bits per heavy atom. The molecule has 0 saturated heterocycles. The average molecular weight is 482 g/mol.